The Morgan fingerprint density at radius 1 is 1.36 bits per heavy atom. The van der Waals surface area contributed by atoms with Crippen LogP contribution in [0.1, 0.15) is 22.0 Å². The fourth-order valence-electron chi connectivity index (χ4n) is 1.47. The molecule has 1 heterocycles. The number of phenolic OH excluding ortho intramolecular Hbond substituents is 2. The third kappa shape index (κ3) is 1.10. The highest BCUT2D eigenvalue weighted by atomic mass is 16.5. The minimum Gasteiger partial charge on any atom is -0.504 e. The van der Waals surface area contributed by atoms with Crippen molar-refractivity contribution < 1.29 is 19.7 Å². The van der Waals surface area contributed by atoms with Crippen molar-refractivity contribution >= 4 is 5.97 Å². The summed E-state index contributed by atoms with van der Waals surface area (Å²) < 4.78 is 4.90. The van der Waals surface area contributed by atoms with Gasteiger partial charge in [0.2, 0.25) is 0 Å². The van der Waals surface area contributed by atoms with Gasteiger partial charge in [-0.25, -0.2) is 4.79 Å². The highest BCUT2D eigenvalue weighted by Crippen LogP contribution is 2.37. The van der Waals surface area contributed by atoms with Crippen molar-refractivity contribution in [2.24, 2.45) is 5.73 Å². The summed E-state index contributed by atoms with van der Waals surface area (Å²) >= 11 is 0. The number of carbonyl (C=O) groups is 1. The van der Waals surface area contributed by atoms with Gasteiger partial charge in [-0.15, -0.1) is 0 Å². The van der Waals surface area contributed by atoms with E-state index < -0.39 is 12.1 Å². The monoisotopic (exact) mass is 195 g/mol. The van der Waals surface area contributed by atoms with E-state index in [1.807, 2.05) is 0 Å². The number of phenols is 2. The number of esters is 1. The Hall–Kier alpha value is -1.75. The lowest BCUT2D eigenvalue weighted by Crippen LogP contribution is -2.11. The van der Waals surface area contributed by atoms with Crippen molar-refractivity contribution in [3.8, 4) is 11.5 Å². The zero-order valence-corrected chi connectivity index (χ0v) is 7.23. The van der Waals surface area contributed by atoms with E-state index in [-0.39, 0.29) is 23.6 Å². The molecule has 1 aromatic rings. The van der Waals surface area contributed by atoms with E-state index >= 15 is 0 Å². The minimum atomic E-state index is -0.524. The van der Waals surface area contributed by atoms with Gasteiger partial charge in [-0.2, -0.15) is 0 Å². The van der Waals surface area contributed by atoms with Gasteiger partial charge < -0.3 is 20.7 Å². The number of cyclic esters (lactones) is 1. The summed E-state index contributed by atoms with van der Waals surface area (Å²) in [5, 5.41) is 18.4. The fraction of sp³-hybridized carbons (Fsp3) is 0.222. The summed E-state index contributed by atoms with van der Waals surface area (Å²) in [6, 6.07) is 2.48. The SMILES string of the molecule is NCC1OC(=O)c2cc(O)c(O)cc21. The molecule has 74 valence electrons. The van der Waals surface area contributed by atoms with Crippen LogP contribution in [0.3, 0.4) is 0 Å². The van der Waals surface area contributed by atoms with Gasteiger partial charge in [-0.3, -0.25) is 0 Å². The van der Waals surface area contributed by atoms with Crippen LogP contribution in [-0.4, -0.2) is 22.7 Å². The first-order valence-corrected chi connectivity index (χ1v) is 4.10. The molecule has 1 atom stereocenters. The lowest BCUT2D eigenvalue weighted by molar-refractivity contribution is 0.0402. The Balaban J connectivity index is 2.58. The van der Waals surface area contributed by atoms with Crippen molar-refractivity contribution in [3.05, 3.63) is 23.3 Å². The normalized spacial score (nSPS) is 19.2. The van der Waals surface area contributed by atoms with Crippen LogP contribution in [0, 0.1) is 0 Å². The molecule has 0 radical (unpaired) electrons. The Bertz CT molecular complexity index is 402. The Kier molecular flexibility index (Phi) is 1.82. The second kappa shape index (κ2) is 2.88. The molecule has 0 saturated heterocycles. The van der Waals surface area contributed by atoms with Gasteiger partial charge in [0.25, 0.3) is 0 Å². The standard InChI is InChI=1S/C9H9NO4/c10-3-8-4-1-6(11)7(12)2-5(4)9(13)14-8/h1-2,8,11-12H,3,10H2. The van der Waals surface area contributed by atoms with Crippen molar-refractivity contribution in [1.82, 2.24) is 0 Å². The molecule has 0 saturated carbocycles. The van der Waals surface area contributed by atoms with Gasteiger partial charge in [0.15, 0.2) is 11.5 Å². The van der Waals surface area contributed by atoms with E-state index in [1.54, 1.807) is 0 Å². The molecule has 5 nitrogen and oxygen atoms in total. The molecule has 0 amide bonds. The first-order chi connectivity index (χ1) is 6.63. The third-order valence-electron chi connectivity index (χ3n) is 2.18. The van der Waals surface area contributed by atoms with E-state index in [0.717, 1.165) is 0 Å². The molecule has 1 unspecified atom stereocenters. The lowest BCUT2D eigenvalue weighted by atomic mass is 10.0. The lowest BCUT2D eigenvalue weighted by Gasteiger charge is -2.06. The third-order valence-corrected chi connectivity index (χ3v) is 2.18. The summed E-state index contributed by atoms with van der Waals surface area (Å²) in [7, 11) is 0. The molecule has 0 bridgehead atoms. The highest BCUT2D eigenvalue weighted by molar-refractivity contribution is 5.95. The van der Waals surface area contributed by atoms with E-state index in [1.165, 1.54) is 12.1 Å². The first kappa shape index (κ1) is 8.83. The molecule has 0 aromatic heterocycles. The van der Waals surface area contributed by atoms with Gasteiger partial charge in [0.1, 0.15) is 6.10 Å². The van der Waals surface area contributed by atoms with Crippen molar-refractivity contribution in [2.75, 3.05) is 6.54 Å². The molecule has 4 N–H and O–H groups in total. The van der Waals surface area contributed by atoms with Crippen LogP contribution in [0.15, 0.2) is 12.1 Å². The predicted octanol–water partition coefficient (Wildman–Crippen LogP) is 0.268. The number of fused-ring (bicyclic) bond motifs is 1. The number of rotatable bonds is 1. The molecule has 5 heteroatoms. The smallest absolute Gasteiger partial charge is 0.339 e. The maximum atomic E-state index is 11.2. The maximum Gasteiger partial charge on any atom is 0.339 e. The van der Waals surface area contributed by atoms with Crippen molar-refractivity contribution in [1.29, 1.82) is 0 Å². The Morgan fingerprint density at radius 2 is 2.00 bits per heavy atom. The quantitative estimate of drug-likeness (QED) is 0.441. The van der Waals surface area contributed by atoms with Gasteiger partial charge in [0, 0.05) is 12.1 Å². The number of hydrogen-bond acceptors (Lipinski definition) is 5. The Labute approximate surface area is 79.7 Å². The number of aromatic hydroxyl groups is 2. The number of ether oxygens (including phenoxy) is 1. The van der Waals surface area contributed by atoms with Gasteiger partial charge in [-0.05, 0) is 12.1 Å². The molecule has 0 spiro atoms. The van der Waals surface area contributed by atoms with Crippen LogP contribution in [0.2, 0.25) is 0 Å². The van der Waals surface area contributed by atoms with Gasteiger partial charge in [0.05, 0.1) is 5.56 Å². The van der Waals surface area contributed by atoms with Crippen LogP contribution in [0.4, 0.5) is 0 Å². The summed E-state index contributed by atoms with van der Waals surface area (Å²) in [4.78, 5) is 11.2. The molecule has 0 fully saturated rings. The van der Waals surface area contributed by atoms with Gasteiger partial charge in [-0.1, -0.05) is 0 Å². The predicted molar refractivity (Wildman–Crippen MR) is 47.0 cm³/mol. The fourth-order valence-corrected chi connectivity index (χ4v) is 1.47. The topological polar surface area (TPSA) is 92.8 Å². The van der Waals surface area contributed by atoms with Crippen LogP contribution in [-0.2, 0) is 4.74 Å². The van der Waals surface area contributed by atoms with Crippen LogP contribution >= 0.6 is 0 Å². The van der Waals surface area contributed by atoms with Crippen LogP contribution < -0.4 is 5.73 Å². The van der Waals surface area contributed by atoms with Gasteiger partial charge >= 0.3 is 5.97 Å². The minimum absolute atomic E-state index is 0.156. The average molecular weight is 195 g/mol. The molecule has 1 aromatic carbocycles. The molecular weight excluding hydrogens is 186 g/mol. The van der Waals surface area contributed by atoms with E-state index in [9.17, 15) is 15.0 Å². The molecule has 1 aliphatic heterocycles. The number of benzene rings is 1. The summed E-state index contributed by atoms with van der Waals surface area (Å²) in [6.07, 6.45) is -0.524. The zero-order valence-electron chi connectivity index (χ0n) is 7.23. The average Bonchev–Trinajstić information content (AvgIpc) is 2.45. The largest absolute Gasteiger partial charge is 0.504 e. The summed E-state index contributed by atoms with van der Waals surface area (Å²) in [5.74, 6) is -1.13. The summed E-state index contributed by atoms with van der Waals surface area (Å²) in [5.41, 5.74) is 6.16. The number of hydrogen-bond donors (Lipinski definition) is 3. The summed E-state index contributed by atoms with van der Waals surface area (Å²) in [6.45, 7) is 0.156. The molecular formula is C9H9NO4. The first-order valence-electron chi connectivity index (χ1n) is 4.10. The van der Waals surface area contributed by atoms with E-state index in [2.05, 4.69) is 0 Å². The number of carbonyl (C=O) groups excluding carboxylic acids is 1. The zero-order chi connectivity index (χ0) is 10.3. The second-order valence-electron chi connectivity index (χ2n) is 3.06. The molecule has 1 aliphatic rings. The van der Waals surface area contributed by atoms with E-state index in [0.29, 0.717) is 5.56 Å². The highest BCUT2D eigenvalue weighted by Gasteiger charge is 2.31. The second-order valence-corrected chi connectivity index (χ2v) is 3.06. The molecule has 2 rings (SSSR count). The van der Waals surface area contributed by atoms with Crippen molar-refractivity contribution in [3.63, 3.8) is 0 Å². The van der Waals surface area contributed by atoms with Crippen LogP contribution in [0.25, 0.3) is 0 Å². The maximum absolute atomic E-state index is 11.2. The molecule has 14 heavy (non-hydrogen) atoms. The van der Waals surface area contributed by atoms with Crippen LogP contribution in [0.5, 0.6) is 11.5 Å². The van der Waals surface area contributed by atoms with Crippen molar-refractivity contribution in [2.45, 2.75) is 6.10 Å². The Morgan fingerprint density at radius 3 is 2.64 bits per heavy atom. The molecule has 0 aliphatic carbocycles. The van der Waals surface area contributed by atoms with E-state index in [4.69, 9.17) is 10.5 Å². The number of nitrogens with two attached hydrogens (primary N) is 1.